The summed E-state index contributed by atoms with van der Waals surface area (Å²) in [7, 11) is 0. The molecule has 0 aromatic heterocycles. The highest BCUT2D eigenvalue weighted by atomic mass is 79.9. The zero-order chi connectivity index (χ0) is 15.0. The van der Waals surface area contributed by atoms with Crippen molar-refractivity contribution in [3.63, 3.8) is 0 Å². The van der Waals surface area contributed by atoms with Gasteiger partial charge in [0.05, 0.1) is 11.8 Å². The van der Waals surface area contributed by atoms with Crippen molar-refractivity contribution in [3.8, 4) is 0 Å². The summed E-state index contributed by atoms with van der Waals surface area (Å²) in [5, 5.41) is 9.70. The van der Waals surface area contributed by atoms with E-state index in [1.165, 1.54) is 28.9 Å². The fraction of sp³-hybridized carbons (Fsp3) is 0.333. The fourth-order valence-corrected chi connectivity index (χ4v) is 3.59. The first kappa shape index (κ1) is 14.6. The monoisotopic (exact) mass is 345 g/mol. The van der Waals surface area contributed by atoms with Gasteiger partial charge in [0.2, 0.25) is 0 Å². The molecule has 3 rings (SSSR count). The van der Waals surface area contributed by atoms with E-state index in [1.807, 2.05) is 12.1 Å². The average Bonchev–Trinajstić information content (AvgIpc) is 2.46. The topological polar surface area (TPSA) is 23.5 Å². The van der Waals surface area contributed by atoms with Crippen LogP contribution in [-0.2, 0) is 6.42 Å². The molecule has 1 N–H and O–H groups in total. The Bertz CT molecular complexity index is 666. The van der Waals surface area contributed by atoms with Crippen LogP contribution in [-0.4, -0.2) is 11.7 Å². The normalized spacial score (nSPS) is 15.7. The maximum atomic E-state index is 9.70. The molecule has 1 atom stereocenters. The maximum Gasteiger partial charge on any atom is 0.0762 e. The Morgan fingerprint density at radius 2 is 1.90 bits per heavy atom. The van der Waals surface area contributed by atoms with Crippen LogP contribution in [0.2, 0.25) is 0 Å². The number of aliphatic hydroxyl groups excluding tert-OH is 1. The Morgan fingerprint density at radius 1 is 1.14 bits per heavy atom. The van der Waals surface area contributed by atoms with Crippen LogP contribution >= 0.6 is 15.9 Å². The molecule has 1 aliphatic heterocycles. The van der Waals surface area contributed by atoms with Crippen LogP contribution in [0.4, 0.5) is 11.4 Å². The molecule has 1 unspecified atom stereocenters. The van der Waals surface area contributed by atoms with Gasteiger partial charge in [0, 0.05) is 16.7 Å². The number of anilines is 2. The summed E-state index contributed by atoms with van der Waals surface area (Å²) < 4.78 is 1.04. The lowest BCUT2D eigenvalue weighted by Crippen LogP contribution is -2.24. The van der Waals surface area contributed by atoms with Gasteiger partial charge in [-0.15, -0.1) is 0 Å². The van der Waals surface area contributed by atoms with Gasteiger partial charge < -0.3 is 10.0 Å². The highest BCUT2D eigenvalue weighted by molar-refractivity contribution is 9.10. The Kier molecular flexibility index (Phi) is 4.05. The second kappa shape index (κ2) is 5.82. The molecule has 0 aliphatic carbocycles. The first-order valence-electron chi connectivity index (χ1n) is 7.41. The van der Waals surface area contributed by atoms with Crippen molar-refractivity contribution in [1.29, 1.82) is 0 Å². The average molecular weight is 346 g/mol. The van der Waals surface area contributed by atoms with Crippen molar-refractivity contribution in [3.05, 3.63) is 57.6 Å². The summed E-state index contributed by atoms with van der Waals surface area (Å²) in [5.41, 5.74) is 6.15. The molecule has 0 radical (unpaired) electrons. The molecule has 2 aromatic rings. The Hall–Kier alpha value is -1.32. The predicted molar refractivity (Wildman–Crippen MR) is 91.3 cm³/mol. The number of aryl methyl sites for hydroxylation is 2. The number of rotatable bonds is 2. The Morgan fingerprint density at radius 3 is 2.62 bits per heavy atom. The quantitative estimate of drug-likeness (QED) is 0.836. The van der Waals surface area contributed by atoms with Crippen LogP contribution in [0.25, 0.3) is 0 Å². The molecule has 2 aromatic carbocycles. The summed E-state index contributed by atoms with van der Waals surface area (Å²) in [6, 6.07) is 12.8. The van der Waals surface area contributed by atoms with Crippen LogP contribution in [0.3, 0.4) is 0 Å². The largest absolute Gasteiger partial charge is 0.389 e. The lowest BCUT2D eigenvalue weighted by Gasteiger charge is -2.32. The van der Waals surface area contributed by atoms with E-state index in [9.17, 15) is 5.11 Å². The molecule has 0 spiro atoms. The Labute approximate surface area is 134 Å². The highest BCUT2D eigenvalue weighted by Crippen LogP contribution is 2.38. The minimum Gasteiger partial charge on any atom is -0.389 e. The zero-order valence-corrected chi connectivity index (χ0v) is 14.0. The fourth-order valence-electron chi connectivity index (χ4n) is 2.98. The van der Waals surface area contributed by atoms with Crippen LogP contribution in [0.15, 0.2) is 40.9 Å². The van der Waals surface area contributed by atoms with Gasteiger partial charge in [0.25, 0.3) is 0 Å². The van der Waals surface area contributed by atoms with Crippen LogP contribution in [0.5, 0.6) is 0 Å². The SMILES string of the molecule is Cc1ccc2c(c1)CCCN2c1ccc(C(C)O)cc1Br. The van der Waals surface area contributed by atoms with E-state index in [0.717, 1.165) is 23.0 Å². The molecule has 0 saturated carbocycles. The summed E-state index contributed by atoms with van der Waals surface area (Å²) >= 11 is 3.66. The van der Waals surface area contributed by atoms with E-state index in [0.29, 0.717) is 0 Å². The molecule has 110 valence electrons. The zero-order valence-electron chi connectivity index (χ0n) is 12.4. The number of hydrogen-bond acceptors (Lipinski definition) is 2. The molecule has 1 heterocycles. The van der Waals surface area contributed by atoms with Gasteiger partial charge in [-0.2, -0.15) is 0 Å². The van der Waals surface area contributed by atoms with Gasteiger partial charge >= 0.3 is 0 Å². The van der Waals surface area contributed by atoms with Crippen molar-refractivity contribution in [1.82, 2.24) is 0 Å². The van der Waals surface area contributed by atoms with Crippen LogP contribution < -0.4 is 4.90 Å². The van der Waals surface area contributed by atoms with Crippen molar-refractivity contribution in [2.45, 2.75) is 32.8 Å². The van der Waals surface area contributed by atoms with E-state index >= 15 is 0 Å². The number of hydrogen-bond donors (Lipinski definition) is 1. The molecule has 0 saturated heterocycles. The molecule has 21 heavy (non-hydrogen) atoms. The van der Waals surface area contributed by atoms with Gasteiger partial charge in [0.15, 0.2) is 0 Å². The molecule has 2 nitrogen and oxygen atoms in total. The predicted octanol–water partition coefficient (Wildman–Crippen LogP) is 4.90. The van der Waals surface area contributed by atoms with Crippen molar-refractivity contribution in [2.75, 3.05) is 11.4 Å². The molecule has 3 heteroatoms. The van der Waals surface area contributed by atoms with Crippen LogP contribution in [0.1, 0.15) is 36.1 Å². The third-order valence-corrected chi connectivity index (χ3v) is 4.73. The third-order valence-electron chi connectivity index (χ3n) is 4.10. The number of benzene rings is 2. The molecule has 0 fully saturated rings. The van der Waals surface area contributed by atoms with E-state index in [-0.39, 0.29) is 0 Å². The minimum absolute atomic E-state index is 0.438. The molecular formula is C18H20BrNO. The molecule has 0 amide bonds. The second-order valence-electron chi connectivity index (χ2n) is 5.77. The van der Waals surface area contributed by atoms with E-state index in [1.54, 1.807) is 6.92 Å². The van der Waals surface area contributed by atoms with Crippen LogP contribution in [0, 0.1) is 6.92 Å². The third kappa shape index (κ3) is 2.85. The smallest absolute Gasteiger partial charge is 0.0762 e. The molecule has 1 aliphatic rings. The second-order valence-corrected chi connectivity index (χ2v) is 6.63. The number of aliphatic hydroxyl groups is 1. The summed E-state index contributed by atoms with van der Waals surface area (Å²) in [6.07, 6.45) is 1.88. The summed E-state index contributed by atoms with van der Waals surface area (Å²) in [5.74, 6) is 0. The Balaban J connectivity index is 2.03. The lowest BCUT2D eigenvalue weighted by atomic mass is 9.98. The van der Waals surface area contributed by atoms with Crippen molar-refractivity contribution in [2.24, 2.45) is 0 Å². The molecule has 0 bridgehead atoms. The number of fused-ring (bicyclic) bond motifs is 1. The first-order chi connectivity index (χ1) is 10.1. The first-order valence-corrected chi connectivity index (χ1v) is 8.20. The standard InChI is InChI=1S/C18H20BrNO/c1-12-5-7-17-15(10-12)4-3-9-20(17)18-8-6-14(13(2)21)11-16(18)19/h5-8,10-11,13,21H,3-4,9H2,1-2H3. The van der Waals surface area contributed by atoms with E-state index in [4.69, 9.17) is 0 Å². The van der Waals surface area contributed by atoms with E-state index in [2.05, 4.69) is 52.0 Å². The highest BCUT2D eigenvalue weighted by Gasteiger charge is 2.20. The van der Waals surface area contributed by atoms with Gasteiger partial charge in [-0.3, -0.25) is 0 Å². The summed E-state index contributed by atoms with van der Waals surface area (Å²) in [4.78, 5) is 2.37. The van der Waals surface area contributed by atoms with E-state index < -0.39 is 6.10 Å². The van der Waals surface area contributed by atoms with Gasteiger partial charge in [-0.05, 0) is 71.9 Å². The molecular weight excluding hydrogens is 326 g/mol. The van der Waals surface area contributed by atoms with Crippen molar-refractivity contribution >= 4 is 27.3 Å². The van der Waals surface area contributed by atoms with Gasteiger partial charge in [-0.25, -0.2) is 0 Å². The van der Waals surface area contributed by atoms with Gasteiger partial charge in [0.1, 0.15) is 0 Å². The summed E-state index contributed by atoms with van der Waals surface area (Å²) in [6.45, 7) is 4.97. The number of nitrogens with zero attached hydrogens (tertiary/aromatic N) is 1. The lowest BCUT2D eigenvalue weighted by molar-refractivity contribution is 0.199. The maximum absolute atomic E-state index is 9.70. The van der Waals surface area contributed by atoms with Crippen molar-refractivity contribution < 1.29 is 5.11 Å². The van der Waals surface area contributed by atoms with Gasteiger partial charge in [-0.1, -0.05) is 23.8 Å². The minimum atomic E-state index is -0.438. The number of halogens is 1.